The highest BCUT2D eigenvalue weighted by molar-refractivity contribution is 8.14. The van der Waals surface area contributed by atoms with E-state index in [9.17, 15) is 5.11 Å². The van der Waals surface area contributed by atoms with E-state index in [4.69, 9.17) is 16.3 Å². The first kappa shape index (κ1) is 17.8. The lowest BCUT2D eigenvalue weighted by atomic mass is 9.84. The Morgan fingerprint density at radius 2 is 2.00 bits per heavy atom. The van der Waals surface area contributed by atoms with Crippen LogP contribution in [0.25, 0.3) is 0 Å². The maximum Gasteiger partial charge on any atom is 0.228 e. The van der Waals surface area contributed by atoms with Gasteiger partial charge in [0.05, 0.1) is 12.1 Å². The third-order valence-corrected chi connectivity index (χ3v) is 5.65. The summed E-state index contributed by atoms with van der Waals surface area (Å²) in [5.41, 5.74) is -0.629. The van der Waals surface area contributed by atoms with E-state index in [0.29, 0.717) is 6.54 Å². The van der Waals surface area contributed by atoms with Gasteiger partial charge in [0.1, 0.15) is 5.04 Å². The fraction of sp³-hybridized carbons (Fsp3) is 0.500. The van der Waals surface area contributed by atoms with Crippen molar-refractivity contribution in [3.63, 3.8) is 0 Å². The zero-order valence-electron chi connectivity index (χ0n) is 13.8. The number of nitrogens with zero attached hydrogens (tertiary/aromatic N) is 2. The molecule has 2 aliphatic rings. The monoisotopic (exact) mass is 366 g/mol. The highest BCUT2D eigenvalue weighted by Gasteiger charge is 2.33. The van der Waals surface area contributed by atoms with E-state index in [1.165, 1.54) is 6.42 Å². The Morgan fingerprint density at radius 1 is 1.29 bits per heavy atom. The lowest BCUT2D eigenvalue weighted by molar-refractivity contribution is -0.0687. The number of β-amino-alcohol motifs (C(OH)–C–C–N with tert-alkyl or cyclic N) is 1. The van der Waals surface area contributed by atoms with Crippen molar-refractivity contribution in [2.24, 2.45) is 4.99 Å². The molecule has 24 heavy (non-hydrogen) atoms. The zero-order valence-corrected chi connectivity index (χ0v) is 15.4. The molecule has 1 aliphatic carbocycles. The number of hydrogen-bond donors (Lipinski definition) is 1. The molecule has 1 aromatic rings. The Bertz CT molecular complexity index is 612. The Hall–Kier alpha value is -1.01. The summed E-state index contributed by atoms with van der Waals surface area (Å²) in [4.78, 5) is 7.71. The number of halogens is 1. The second-order valence-electron chi connectivity index (χ2n) is 6.36. The van der Waals surface area contributed by atoms with E-state index < -0.39 is 12.0 Å². The minimum Gasteiger partial charge on any atom is -0.388 e. The summed E-state index contributed by atoms with van der Waals surface area (Å²) in [6.45, 7) is 0.560. The number of aliphatic hydroxyl groups is 1. The van der Waals surface area contributed by atoms with Crippen molar-refractivity contribution in [1.82, 2.24) is 4.90 Å². The first-order chi connectivity index (χ1) is 11.6. The van der Waals surface area contributed by atoms with E-state index in [1.807, 2.05) is 41.4 Å². The molecule has 3 rings (SSSR count). The fourth-order valence-corrected chi connectivity index (χ4v) is 4.08. The number of benzene rings is 1. The summed E-state index contributed by atoms with van der Waals surface area (Å²) in [5, 5.41) is 12.4. The van der Waals surface area contributed by atoms with Gasteiger partial charge in [0.25, 0.3) is 0 Å². The summed E-state index contributed by atoms with van der Waals surface area (Å²) in [6, 6.07) is 7.69. The maximum atomic E-state index is 10.8. The van der Waals surface area contributed by atoms with Crippen LogP contribution in [0.1, 0.15) is 32.1 Å². The van der Waals surface area contributed by atoms with Crippen molar-refractivity contribution in [3.05, 3.63) is 41.6 Å². The number of ether oxygens (including phenoxy) is 1. The topological polar surface area (TPSA) is 45.1 Å². The van der Waals surface area contributed by atoms with Gasteiger partial charge < -0.3 is 14.7 Å². The third-order valence-electron chi connectivity index (χ3n) is 4.44. The summed E-state index contributed by atoms with van der Waals surface area (Å²) in [7, 11) is 1.65. The minimum absolute atomic E-state index is 0.393. The average molecular weight is 367 g/mol. The molecular weight excluding hydrogens is 344 g/mol. The summed E-state index contributed by atoms with van der Waals surface area (Å²) in [6.07, 6.45) is 8.65. The van der Waals surface area contributed by atoms with E-state index in [-0.39, 0.29) is 0 Å². The molecule has 0 spiro atoms. The van der Waals surface area contributed by atoms with Crippen molar-refractivity contribution < 1.29 is 9.84 Å². The van der Waals surface area contributed by atoms with Crippen LogP contribution in [0.5, 0.6) is 0 Å². The molecule has 6 heteroatoms. The van der Waals surface area contributed by atoms with Crippen molar-refractivity contribution in [2.75, 3.05) is 13.7 Å². The molecule has 1 atom stereocenters. The van der Waals surface area contributed by atoms with Crippen LogP contribution in [0.2, 0.25) is 5.02 Å². The predicted octanol–water partition coefficient (Wildman–Crippen LogP) is 4.29. The van der Waals surface area contributed by atoms with Crippen molar-refractivity contribution in [2.45, 2.75) is 49.0 Å². The van der Waals surface area contributed by atoms with Crippen LogP contribution in [-0.4, -0.2) is 40.7 Å². The lowest BCUT2D eigenvalue weighted by Crippen LogP contribution is -2.47. The van der Waals surface area contributed by atoms with Crippen LogP contribution in [0.3, 0.4) is 0 Å². The number of hydrogen-bond acceptors (Lipinski definition) is 5. The number of thioether (sulfide) groups is 1. The Balaban J connectivity index is 1.65. The van der Waals surface area contributed by atoms with Crippen LogP contribution in [0.4, 0.5) is 0 Å². The normalized spacial score (nSPS) is 23.2. The minimum atomic E-state index is -0.629. The van der Waals surface area contributed by atoms with E-state index in [1.54, 1.807) is 18.9 Å². The maximum absolute atomic E-state index is 10.8. The molecule has 1 N–H and O–H groups in total. The van der Waals surface area contributed by atoms with E-state index in [2.05, 4.69) is 4.99 Å². The molecule has 0 saturated heterocycles. The van der Waals surface area contributed by atoms with E-state index in [0.717, 1.165) is 40.6 Å². The largest absolute Gasteiger partial charge is 0.388 e. The third kappa shape index (κ3) is 4.54. The average Bonchev–Trinajstić information content (AvgIpc) is 2.58. The fourth-order valence-electron chi connectivity index (χ4n) is 3.17. The van der Waals surface area contributed by atoms with Gasteiger partial charge in [-0.2, -0.15) is 0 Å². The van der Waals surface area contributed by atoms with Gasteiger partial charge in [-0.25, -0.2) is 4.99 Å². The quantitative estimate of drug-likeness (QED) is 0.863. The predicted molar refractivity (Wildman–Crippen MR) is 99.4 cm³/mol. The molecule has 4 nitrogen and oxygen atoms in total. The second kappa shape index (κ2) is 7.91. The Labute approximate surface area is 152 Å². The molecule has 0 radical (unpaired) electrons. The number of aliphatic imine (C=N–C) groups is 1. The van der Waals surface area contributed by atoms with Gasteiger partial charge in [0.15, 0.2) is 0 Å². The van der Waals surface area contributed by atoms with Crippen LogP contribution >= 0.6 is 23.4 Å². The standard InChI is InChI=1S/C18H23ClN2O2S/c1-23-17-20-16(24-15-7-5-14(19)6-8-15)9-12-21(17)13-18(22)10-3-2-4-11-18/h5-9,12,17,22H,2-4,10-11,13H2,1H3. The SMILES string of the molecule is COC1N=C(Sc2ccc(Cl)cc2)C=CN1CC1(O)CCCCC1. The van der Waals surface area contributed by atoms with Gasteiger partial charge >= 0.3 is 0 Å². The van der Waals surface area contributed by atoms with Crippen molar-refractivity contribution in [1.29, 1.82) is 0 Å². The molecule has 1 aromatic carbocycles. The molecule has 0 amide bonds. The molecule has 0 aromatic heterocycles. The number of methoxy groups -OCH3 is 1. The summed E-state index contributed by atoms with van der Waals surface area (Å²) in [5.74, 6) is 0. The Morgan fingerprint density at radius 3 is 2.67 bits per heavy atom. The first-order valence-electron chi connectivity index (χ1n) is 8.28. The Kier molecular flexibility index (Phi) is 5.87. The number of rotatable bonds is 4. The van der Waals surface area contributed by atoms with Gasteiger partial charge in [-0.15, -0.1) is 0 Å². The van der Waals surface area contributed by atoms with Crippen LogP contribution in [-0.2, 0) is 4.74 Å². The summed E-state index contributed by atoms with van der Waals surface area (Å²) >= 11 is 7.50. The van der Waals surface area contributed by atoms with Gasteiger partial charge in [-0.3, -0.25) is 0 Å². The van der Waals surface area contributed by atoms with Crippen molar-refractivity contribution >= 4 is 28.4 Å². The molecular formula is C18H23ClN2O2S. The first-order valence-corrected chi connectivity index (χ1v) is 9.48. The van der Waals surface area contributed by atoms with Gasteiger partial charge in [0, 0.05) is 23.2 Å². The van der Waals surface area contributed by atoms with Crippen molar-refractivity contribution in [3.8, 4) is 0 Å². The molecule has 1 heterocycles. The smallest absolute Gasteiger partial charge is 0.228 e. The molecule has 1 fully saturated rings. The molecule has 1 saturated carbocycles. The molecule has 130 valence electrons. The molecule has 0 bridgehead atoms. The van der Waals surface area contributed by atoms with Crippen LogP contribution in [0.15, 0.2) is 46.4 Å². The molecule has 1 aliphatic heterocycles. The molecule has 1 unspecified atom stereocenters. The highest BCUT2D eigenvalue weighted by atomic mass is 35.5. The van der Waals surface area contributed by atoms with E-state index >= 15 is 0 Å². The van der Waals surface area contributed by atoms with Gasteiger partial charge in [-0.05, 0) is 43.2 Å². The highest BCUT2D eigenvalue weighted by Crippen LogP contribution is 2.31. The second-order valence-corrected chi connectivity index (χ2v) is 7.89. The van der Waals surface area contributed by atoms with Crippen LogP contribution < -0.4 is 0 Å². The lowest BCUT2D eigenvalue weighted by Gasteiger charge is -2.39. The zero-order chi connectivity index (χ0) is 17.0. The van der Waals surface area contributed by atoms with Crippen LogP contribution in [0, 0.1) is 0 Å². The van der Waals surface area contributed by atoms with Gasteiger partial charge in [0.2, 0.25) is 6.35 Å². The summed E-state index contributed by atoms with van der Waals surface area (Å²) < 4.78 is 5.52. The van der Waals surface area contributed by atoms with Gasteiger partial charge in [-0.1, -0.05) is 42.6 Å².